The van der Waals surface area contributed by atoms with Crippen LogP contribution in [0.25, 0.3) is 0 Å². The highest BCUT2D eigenvalue weighted by molar-refractivity contribution is 6.21. The topological polar surface area (TPSA) is 3.24 Å². The fraction of sp³-hybridized carbons (Fsp3) is 1.00. The van der Waals surface area contributed by atoms with E-state index in [1.54, 1.807) is 0 Å². The number of piperidine rings is 1. The van der Waals surface area contributed by atoms with Crippen molar-refractivity contribution in [3.8, 4) is 0 Å². The second-order valence-corrected chi connectivity index (χ2v) is 3.96. The van der Waals surface area contributed by atoms with E-state index < -0.39 is 0 Å². The molecular weight excluding hydrogens is 146 g/mol. The monoisotopic (exact) mass is 159 g/mol. The molecule has 0 radical (unpaired) electrons. The third kappa shape index (κ3) is 1.06. The molecule has 0 spiro atoms. The fourth-order valence-corrected chi connectivity index (χ4v) is 2.57. The van der Waals surface area contributed by atoms with Crippen molar-refractivity contribution in [2.75, 3.05) is 13.1 Å². The Morgan fingerprint density at radius 3 is 2.80 bits per heavy atom. The summed E-state index contributed by atoms with van der Waals surface area (Å²) in [7, 11) is 0. The molecule has 0 N–H and O–H groups in total. The van der Waals surface area contributed by atoms with E-state index in [-0.39, 0.29) is 0 Å². The molecule has 0 aliphatic carbocycles. The maximum atomic E-state index is 6.14. The summed E-state index contributed by atoms with van der Waals surface area (Å²) in [6.07, 6.45) is 5.34. The zero-order valence-electron chi connectivity index (χ0n) is 6.22. The van der Waals surface area contributed by atoms with Crippen LogP contribution in [0.3, 0.4) is 0 Å². The molecule has 0 aromatic carbocycles. The summed E-state index contributed by atoms with van der Waals surface area (Å²) in [5, 5.41) is 0.459. The number of nitrogens with zero attached hydrogens (tertiary/aromatic N) is 1. The molecule has 2 saturated heterocycles. The first-order valence-electron chi connectivity index (χ1n) is 4.26. The van der Waals surface area contributed by atoms with Crippen LogP contribution in [-0.2, 0) is 0 Å². The highest BCUT2D eigenvalue weighted by Gasteiger charge is 2.33. The molecule has 2 heterocycles. The average molecular weight is 160 g/mol. The quantitative estimate of drug-likeness (QED) is 0.488. The number of rotatable bonds is 0. The predicted molar refractivity (Wildman–Crippen MR) is 43.5 cm³/mol. The largest absolute Gasteiger partial charge is 0.299 e. The van der Waals surface area contributed by atoms with Crippen LogP contribution >= 0.6 is 11.6 Å². The Morgan fingerprint density at radius 1 is 1.10 bits per heavy atom. The van der Waals surface area contributed by atoms with E-state index in [1.165, 1.54) is 38.8 Å². The van der Waals surface area contributed by atoms with Gasteiger partial charge in [-0.2, -0.15) is 0 Å². The molecule has 2 heteroatoms. The van der Waals surface area contributed by atoms with E-state index in [0.29, 0.717) is 5.38 Å². The Hall–Kier alpha value is 0.250. The lowest BCUT2D eigenvalue weighted by Crippen LogP contribution is -2.37. The van der Waals surface area contributed by atoms with Crippen molar-refractivity contribution in [1.82, 2.24) is 4.90 Å². The van der Waals surface area contributed by atoms with Crippen molar-refractivity contribution in [3.63, 3.8) is 0 Å². The van der Waals surface area contributed by atoms with Crippen LogP contribution in [0.5, 0.6) is 0 Å². The van der Waals surface area contributed by atoms with Crippen molar-refractivity contribution in [2.45, 2.75) is 37.1 Å². The van der Waals surface area contributed by atoms with Crippen LogP contribution in [0.1, 0.15) is 25.7 Å². The predicted octanol–water partition coefficient (Wildman–Crippen LogP) is 1.85. The van der Waals surface area contributed by atoms with Crippen molar-refractivity contribution in [2.24, 2.45) is 0 Å². The molecule has 0 bridgehead atoms. The van der Waals surface area contributed by atoms with Gasteiger partial charge in [0.1, 0.15) is 0 Å². The van der Waals surface area contributed by atoms with Gasteiger partial charge in [-0.25, -0.2) is 0 Å². The summed E-state index contributed by atoms with van der Waals surface area (Å²) >= 11 is 6.14. The molecule has 2 atom stereocenters. The van der Waals surface area contributed by atoms with Gasteiger partial charge in [-0.1, -0.05) is 6.42 Å². The third-order valence-corrected chi connectivity index (χ3v) is 3.28. The molecule has 0 aromatic heterocycles. The van der Waals surface area contributed by atoms with E-state index in [9.17, 15) is 0 Å². The van der Waals surface area contributed by atoms with Crippen molar-refractivity contribution in [3.05, 3.63) is 0 Å². The smallest absolute Gasteiger partial charge is 0.0503 e. The Balaban J connectivity index is 2.01. The molecule has 2 fully saturated rings. The Kier molecular flexibility index (Phi) is 1.88. The maximum Gasteiger partial charge on any atom is 0.0503 e. The number of hydrogen-bond donors (Lipinski definition) is 0. The summed E-state index contributed by atoms with van der Waals surface area (Å²) in [4.78, 5) is 2.56. The zero-order valence-corrected chi connectivity index (χ0v) is 6.98. The van der Waals surface area contributed by atoms with Crippen LogP contribution in [0.15, 0.2) is 0 Å². The SMILES string of the molecule is ClC1CCN2CCCCC12. The molecular formula is C8H14ClN. The van der Waals surface area contributed by atoms with E-state index in [1.807, 2.05) is 0 Å². The van der Waals surface area contributed by atoms with Gasteiger partial charge in [0.05, 0.1) is 5.38 Å². The minimum Gasteiger partial charge on any atom is -0.299 e. The van der Waals surface area contributed by atoms with E-state index >= 15 is 0 Å². The molecule has 2 aliphatic rings. The van der Waals surface area contributed by atoms with E-state index in [4.69, 9.17) is 11.6 Å². The highest BCUT2D eigenvalue weighted by atomic mass is 35.5. The van der Waals surface area contributed by atoms with Gasteiger partial charge in [0, 0.05) is 6.04 Å². The molecule has 0 aromatic rings. The second-order valence-electron chi connectivity index (χ2n) is 3.40. The summed E-state index contributed by atoms with van der Waals surface area (Å²) in [5.74, 6) is 0. The lowest BCUT2D eigenvalue weighted by Gasteiger charge is -2.30. The van der Waals surface area contributed by atoms with Gasteiger partial charge in [0.15, 0.2) is 0 Å². The molecule has 58 valence electrons. The molecule has 2 rings (SSSR count). The summed E-state index contributed by atoms with van der Waals surface area (Å²) in [5.41, 5.74) is 0. The molecule has 2 unspecified atom stereocenters. The van der Waals surface area contributed by atoms with Crippen molar-refractivity contribution >= 4 is 11.6 Å². The van der Waals surface area contributed by atoms with E-state index in [0.717, 1.165) is 6.04 Å². The third-order valence-electron chi connectivity index (χ3n) is 2.77. The van der Waals surface area contributed by atoms with Crippen LogP contribution in [0.4, 0.5) is 0 Å². The maximum absolute atomic E-state index is 6.14. The van der Waals surface area contributed by atoms with Gasteiger partial charge in [-0.3, -0.25) is 4.90 Å². The first-order valence-corrected chi connectivity index (χ1v) is 4.70. The van der Waals surface area contributed by atoms with Crippen LogP contribution in [0.2, 0.25) is 0 Å². The molecule has 0 saturated carbocycles. The van der Waals surface area contributed by atoms with Gasteiger partial charge < -0.3 is 0 Å². The highest BCUT2D eigenvalue weighted by Crippen LogP contribution is 2.30. The van der Waals surface area contributed by atoms with Gasteiger partial charge in [0.2, 0.25) is 0 Å². The lowest BCUT2D eigenvalue weighted by molar-refractivity contribution is 0.199. The van der Waals surface area contributed by atoms with Gasteiger partial charge in [-0.05, 0) is 32.4 Å². The fourth-order valence-electron chi connectivity index (χ4n) is 2.19. The Bertz CT molecular complexity index is 124. The number of alkyl halides is 1. The molecule has 2 aliphatic heterocycles. The van der Waals surface area contributed by atoms with Crippen LogP contribution in [0, 0.1) is 0 Å². The normalized spacial score (nSPS) is 41.7. The van der Waals surface area contributed by atoms with Crippen LogP contribution < -0.4 is 0 Å². The first-order chi connectivity index (χ1) is 4.88. The molecule has 10 heavy (non-hydrogen) atoms. The number of hydrogen-bond acceptors (Lipinski definition) is 1. The summed E-state index contributed by atoms with van der Waals surface area (Å²) < 4.78 is 0. The summed E-state index contributed by atoms with van der Waals surface area (Å²) in [6.45, 7) is 2.55. The second kappa shape index (κ2) is 2.71. The van der Waals surface area contributed by atoms with Gasteiger partial charge in [0.25, 0.3) is 0 Å². The minimum absolute atomic E-state index is 0.459. The lowest BCUT2D eigenvalue weighted by atomic mass is 10.0. The number of fused-ring (bicyclic) bond motifs is 1. The number of halogens is 1. The Labute approximate surface area is 67.3 Å². The summed E-state index contributed by atoms with van der Waals surface area (Å²) in [6, 6.07) is 0.732. The molecule has 1 nitrogen and oxygen atoms in total. The van der Waals surface area contributed by atoms with Gasteiger partial charge in [-0.15, -0.1) is 11.6 Å². The molecule has 0 amide bonds. The zero-order chi connectivity index (χ0) is 6.97. The van der Waals surface area contributed by atoms with Gasteiger partial charge >= 0.3 is 0 Å². The van der Waals surface area contributed by atoms with Crippen molar-refractivity contribution < 1.29 is 0 Å². The van der Waals surface area contributed by atoms with Crippen molar-refractivity contribution in [1.29, 1.82) is 0 Å². The average Bonchev–Trinajstić information content (AvgIpc) is 2.34. The standard InChI is InChI=1S/C8H14ClN/c9-7-4-6-10-5-2-1-3-8(7)10/h7-8H,1-6H2. The Morgan fingerprint density at radius 2 is 2.00 bits per heavy atom. The first kappa shape index (κ1) is 6.93. The minimum atomic E-state index is 0.459. The van der Waals surface area contributed by atoms with Crippen LogP contribution in [-0.4, -0.2) is 29.4 Å². The van der Waals surface area contributed by atoms with E-state index in [2.05, 4.69) is 4.90 Å².